The van der Waals surface area contributed by atoms with Crippen LogP contribution in [0.25, 0.3) is 0 Å². The van der Waals surface area contributed by atoms with Gasteiger partial charge in [0.05, 0.1) is 10.0 Å². The van der Waals surface area contributed by atoms with Gasteiger partial charge in [-0.15, -0.1) is 0 Å². The molecular formula is C13H15Cl2NO. The molecule has 0 bridgehead atoms. The lowest BCUT2D eigenvalue weighted by Gasteiger charge is -2.25. The highest BCUT2D eigenvalue weighted by Crippen LogP contribution is 2.31. The van der Waals surface area contributed by atoms with Gasteiger partial charge in [0.25, 0.3) is 0 Å². The molecule has 0 heterocycles. The highest BCUT2D eigenvalue weighted by Gasteiger charge is 2.27. The van der Waals surface area contributed by atoms with Gasteiger partial charge in [0.1, 0.15) is 0 Å². The number of Topliss-reactive ketones (excluding diaryl/α,β-unsaturated/α-hetero) is 1. The molecule has 92 valence electrons. The van der Waals surface area contributed by atoms with Crippen LogP contribution in [0.4, 0.5) is 0 Å². The summed E-state index contributed by atoms with van der Waals surface area (Å²) in [6, 6.07) is 5.31. The molecule has 0 radical (unpaired) electrons. The average molecular weight is 272 g/mol. The van der Waals surface area contributed by atoms with E-state index in [1.54, 1.807) is 18.2 Å². The molecule has 0 saturated heterocycles. The first-order valence-electron chi connectivity index (χ1n) is 5.83. The summed E-state index contributed by atoms with van der Waals surface area (Å²) >= 11 is 12.0. The van der Waals surface area contributed by atoms with Gasteiger partial charge in [-0.25, -0.2) is 0 Å². The second-order valence-corrected chi connectivity index (χ2v) is 5.37. The summed E-state index contributed by atoms with van der Waals surface area (Å²) in [5.41, 5.74) is 6.42. The maximum atomic E-state index is 12.3. The van der Waals surface area contributed by atoms with Crippen LogP contribution in [-0.4, -0.2) is 11.8 Å². The Kier molecular flexibility index (Phi) is 4.08. The molecule has 2 nitrogen and oxygen atoms in total. The second kappa shape index (κ2) is 5.38. The Balaban J connectivity index is 2.22. The Morgan fingerprint density at radius 3 is 2.76 bits per heavy atom. The van der Waals surface area contributed by atoms with Crippen molar-refractivity contribution in [1.82, 2.24) is 0 Å². The summed E-state index contributed by atoms with van der Waals surface area (Å²) in [4.78, 5) is 12.3. The molecule has 0 spiro atoms. The molecule has 4 heteroatoms. The Labute approximate surface area is 111 Å². The number of ketones is 1. The van der Waals surface area contributed by atoms with Crippen LogP contribution in [0.2, 0.25) is 10.0 Å². The van der Waals surface area contributed by atoms with Gasteiger partial charge in [-0.1, -0.05) is 35.7 Å². The van der Waals surface area contributed by atoms with Crippen LogP contribution in [0.5, 0.6) is 0 Å². The van der Waals surface area contributed by atoms with Crippen LogP contribution in [-0.2, 0) is 0 Å². The Morgan fingerprint density at radius 2 is 2.06 bits per heavy atom. The SMILES string of the molecule is NC1CCCC(C(=O)c2cccc(Cl)c2Cl)C1. The molecule has 2 N–H and O–H groups in total. The Bertz CT molecular complexity index is 433. The van der Waals surface area contributed by atoms with Gasteiger partial charge in [-0.05, 0) is 31.4 Å². The van der Waals surface area contributed by atoms with Crippen molar-refractivity contribution in [2.24, 2.45) is 11.7 Å². The van der Waals surface area contributed by atoms with Gasteiger partial charge in [-0.2, -0.15) is 0 Å². The predicted octanol–water partition coefficient (Wildman–Crippen LogP) is 3.69. The third-order valence-electron chi connectivity index (χ3n) is 3.30. The van der Waals surface area contributed by atoms with E-state index in [1.165, 1.54) is 0 Å². The molecule has 2 atom stereocenters. The van der Waals surface area contributed by atoms with Crippen molar-refractivity contribution >= 4 is 29.0 Å². The topological polar surface area (TPSA) is 43.1 Å². The van der Waals surface area contributed by atoms with Gasteiger partial charge in [0.2, 0.25) is 0 Å². The van der Waals surface area contributed by atoms with Crippen molar-refractivity contribution in [3.63, 3.8) is 0 Å². The maximum absolute atomic E-state index is 12.3. The summed E-state index contributed by atoms with van der Waals surface area (Å²) in [6.07, 6.45) is 3.67. The van der Waals surface area contributed by atoms with E-state index in [2.05, 4.69) is 0 Å². The lowest BCUT2D eigenvalue weighted by Crippen LogP contribution is -2.31. The van der Waals surface area contributed by atoms with Crippen LogP contribution >= 0.6 is 23.2 Å². The fraction of sp³-hybridized carbons (Fsp3) is 0.462. The molecule has 2 unspecified atom stereocenters. The number of rotatable bonds is 2. The van der Waals surface area contributed by atoms with Crippen LogP contribution in [0.15, 0.2) is 18.2 Å². The molecule has 1 aromatic carbocycles. The quantitative estimate of drug-likeness (QED) is 0.834. The van der Waals surface area contributed by atoms with Gasteiger partial charge in [0.15, 0.2) is 5.78 Å². The monoisotopic (exact) mass is 271 g/mol. The summed E-state index contributed by atoms with van der Waals surface area (Å²) in [6.45, 7) is 0. The molecule has 17 heavy (non-hydrogen) atoms. The van der Waals surface area contributed by atoms with Gasteiger partial charge in [0, 0.05) is 17.5 Å². The molecule has 0 aromatic heterocycles. The molecule has 1 aliphatic rings. The molecule has 0 amide bonds. The zero-order valence-electron chi connectivity index (χ0n) is 9.46. The maximum Gasteiger partial charge on any atom is 0.167 e. The Hall–Kier alpha value is -0.570. The van der Waals surface area contributed by atoms with Crippen LogP contribution in [0.3, 0.4) is 0 Å². The summed E-state index contributed by atoms with van der Waals surface area (Å²) < 4.78 is 0. The van der Waals surface area contributed by atoms with Gasteiger partial charge < -0.3 is 5.73 Å². The van der Waals surface area contributed by atoms with E-state index in [-0.39, 0.29) is 17.7 Å². The number of benzene rings is 1. The number of halogens is 2. The van der Waals surface area contributed by atoms with E-state index < -0.39 is 0 Å². The van der Waals surface area contributed by atoms with E-state index >= 15 is 0 Å². The standard InChI is InChI=1S/C13H15Cl2NO/c14-11-6-2-5-10(12(11)15)13(17)8-3-1-4-9(16)7-8/h2,5-6,8-9H,1,3-4,7,16H2. The minimum Gasteiger partial charge on any atom is -0.328 e. The molecule has 2 rings (SSSR count). The molecule has 0 aliphatic heterocycles. The van der Waals surface area contributed by atoms with E-state index in [9.17, 15) is 4.79 Å². The first kappa shape index (κ1) is 12.9. The molecule has 1 aliphatic carbocycles. The summed E-state index contributed by atoms with van der Waals surface area (Å²) in [5, 5.41) is 0.788. The van der Waals surface area contributed by atoms with Gasteiger partial charge >= 0.3 is 0 Å². The normalized spacial score (nSPS) is 24.6. The minimum atomic E-state index is -0.00489. The van der Waals surface area contributed by atoms with Crippen molar-refractivity contribution in [2.45, 2.75) is 31.7 Å². The van der Waals surface area contributed by atoms with E-state index in [0.29, 0.717) is 15.6 Å². The highest BCUT2D eigenvalue weighted by atomic mass is 35.5. The first-order valence-corrected chi connectivity index (χ1v) is 6.59. The fourth-order valence-corrected chi connectivity index (χ4v) is 2.77. The largest absolute Gasteiger partial charge is 0.328 e. The number of carbonyl (C=O) groups excluding carboxylic acids is 1. The zero-order valence-corrected chi connectivity index (χ0v) is 11.0. The predicted molar refractivity (Wildman–Crippen MR) is 70.7 cm³/mol. The van der Waals surface area contributed by atoms with Crippen LogP contribution < -0.4 is 5.73 Å². The number of nitrogens with two attached hydrogens (primary N) is 1. The van der Waals surface area contributed by atoms with Crippen molar-refractivity contribution in [2.75, 3.05) is 0 Å². The number of hydrogen-bond acceptors (Lipinski definition) is 2. The number of carbonyl (C=O) groups is 1. The van der Waals surface area contributed by atoms with Crippen LogP contribution in [0, 0.1) is 5.92 Å². The Morgan fingerprint density at radius 1 is 1.29 bits per heavy atom. The van der Waals surface area contributed by atoms with E-state index in [1.807, 2.05) is 0 Å². The van der Waals surface area contributed by atoms with Crippen molar-refractivity contribution in [3.8, 4) is 0 Å². The third kappa shape index (κ3) is 2.82. The zero-order chi connectivity index (χ0) is 12.4. The summed E-state index contributed by atoms with van der Waals surface area (Å²) in [7, 11) is 0. The molecule has 1 aromatic rings. The van der Waals surface area contributed by atoms with Crippen molar-refractivity contribution in [3.05, 3.63) is 33.8 Å². The lowest BCUT2D eigenvalue weighted by atomic mass is 9.81. The van der Waals surface area contributed by atoms with Crippen molar-refractivity contribution in [1.29, 1.82) is 0 Å². The highest BCUT2D eigenvalue weighted by molar-refractivity contribution is 6.43. The van der Waals surface area contributed by atoms with Crippen LogP contribution in [0.1, 0.15) is 36.0 Å². The summed E-state index contributed by atoms with van der Waals surface area (Å²) in [5.74, 6) is 0.0716. The number of hydrogen-bond donors (Lipinski definition) is 1. The fourth-order valence-electron chi connectivity index (χ4n) is 2.38. The minimum absolute atomic E-state index is 0.00489. The second-order valence-electron chi connectivity index (χ2n) is 4.59. The lowest BCUT2D eigenvalue weighted by molar-refractivity contribution is 0.0881. The molecule has 1 fully saturated rings. The van der Waals surface area contributed by atoms with Crippen molar-refractivity contribution < 1.29 is 4.79 Å². The van der Waals surface area contributed by atoms with E-state index in [4.69, 9.17) is 28.9 Å². The first-order chi connectivity index (χ1) is 8.09. The third-order valence-corrected chi connectivity index (χ3v) is 4.12. The average Bonchev–Trinajstić information content (AvgIpc) is 2.32. The van der Waals surface area contributed by atoms with E-state index in [0.717, 1.165) is 25.7 Å². The van der Waals surface area contributed by atoms with Gasteiger partial charge in [-0.3, -0.25) is 4.79 Å². The molecule has 1 saturated carbocycles. The molecular weight excluding hydrogens is 257 g/mol. The smallest absolute Gasteiger partial charge is 0.167 e.